The first kappa shape index (κ1) is 16.9. The highest BCUT2D eigenvalue weighted by Crippen LogP contribution is 2.43. The fourth-order valence-electron chi connectivity index (χ4n) is 3.73. The second-order valence-electron chi connectivity index (χ2n) is 6.30. The Labute approximate surface area is 154 Å². The van der Waals surface area contributed by atoms with Crippen molar-refractivity contribution in [2.45, 2.75) is 19.2 Å². The van der Waals surface area contributed by atoms with Gasteiger partial charge in [0.15, 0.2) is 0 Å². The van der Waals surface area contributed by atoms with Gasteiger partial charge in [-0.3, -0.25) is 10.00 Å². The molecule has 0 bridgehead atoms. The van der Waals surface area contributed by atoms with Crippen LogP contribution in [0.1, 0.15) is 11.3 Å². The van der Waals surface area contributed by atoms with Gasteiger partial charge in [0.05, 0.1) is 28.4 Å². The van der Waals surface area contributed by atoms with E-state index in [9.17, 15) is 10.2 Å². The van der Waals surface area contributed by atoms with Crippen molar-refractivity contribution in [3.63, 3.8) is 0 Å². The Bertz CT molecular complexity index is 936. The number of fused-ring (bicyclic) bond motifs is 3. The topological polar surface area (TPSA) is 77.3 Å². The number of aliphatic hydroxyl groups excluding tert-OH is 2. The molecule has 1 atom stereocenters. The second kappa shape index (κ2) is 6.30. The van der Waals surface area contributed by atoms with Crippen molar-refractivity contribution in [3.05, 3.63) is 39.8 Å². The van der Waals surface area contributed by atoms with Crippen LogP contribution in [-0.4, -0.2) is 49.3 Å². The summed E-state index contributed by atoms with van der Waals surface area (Å²) in [7, 11) is 1.99. The standard InChI is InChI=1S/C17H18Cl2N4O2/c1-22-13-2-3-23(14(25)8-24)7-11(13)15-10(9-5-20-21-6-9)4-12(18)16(19)17(15)22/h4-6,14,24-25H,2-3,7-8H2,1H3,(H,20,21). The van der Waals surface area contributed by atoms with Gasteiger partial charge in [-0.25, -0.2) is 0 Å². The lowest BCUT2D eigenvalue weighted by Gasteiger charge is -2.31. The molecule has 0 saturated carbocycles. The lowest BCUT2D eigenvalue weighted by molar-refractivity contribution is -0.0421. The molecule has 0 saturated heterocycles. The van der Waals surface area contributed by atoms with E-state index in [0.29, 0.717) is 23.1 Å². The summed E-state index contributed by atoms with van der Waals surface area (Å²) >= 11 is 12.9. The number of rotatable bonds is 3. The fourth-order valence-corrected chi connectivity index (χ4v) is 4.21. The summed E-state index contributed by atoms with van der Waals surface area (Å²) in [5.41, 5.74) is 5.04. The number of aliphatic hydroxyl groups is 2. The monoisotopic (exact) mass is 380 g/mol. The Morgan fingerprint density at radius 3 is 2.88 bits per heavy atom. The number of nitrogens with zero attached hydrogens (tertiary/aromatic N) is 3. The highest BCUT2D eigenvalue weighted by molar-refractivity contribution is 6.45. The van der Waals surface area contributed by atoms with E-state index in [1.807, 2.05) is 24.2 Å². The van der Waals surface area contributed by atoms with Crippen LogP contribution < -0.4 is 0 Å². The van der Waals surface area contributed by atoms with Gasteiger partial charge in [-0.15, -0.1) is 0 Å². The minimum absolute atomic E-state index is 0.290. The van der Waals surface area contributed by atoms with E-state index in [2.05, 4.69) is 14.8 Å². The number of aromatic amines is 1. The molecule has 3 N–H and O–H groups in total. The molecule has 0 fully saturated rings. The molecule has 4 rings (SSSR count). The van der Waals surface area contributed by atoms with E-state index < -0.39 is 6.23 Å². The average molecular weight is 381 g/mol. The van der Waals surface area contributed by atoms with E-state index in [-0.39, 0.29) is 6.61 Å². The van der Waals surface area contributed by atoms with Crippen molar-refractivity contribution >= 4 is 34.1 Å². The molecule has 1 aliphatic heterocycles. The maximum Gasteiger partial charge on any atom is 0.131 e. The third kappa shape index (κ3) is 2.56. The van der Waals surface area contributed by atoms with Gasteiger partial charge in [-0.05, 0) is 17.2 Å². The number of aryl methyl sites for hydroxylation is 1. The van der Waals surface area contributed by atoms with Gasteiger partial charge in [0, 0.05) is 49.4 Å². The van der Waals surface area contributed by atoms with Crippen LogP contribution in [0.5, 0.6) is 0 Å². The highest BCUT2D eigenvalue weighted by Gasteiger charge is 2.29. The van der Waals surface area contributed by atoms with Crippen LogP contribution in [0.2, 0.25) is 10.0 Å². The lowest BCUT2D eigenvalue weighted by atomic mass is 9.97. The third-order valence-corrected chi connectivity index (χ3v) is 5.75. The molecule has 0 spiro atoms. The smallest absolute Gasteiger partial charge is 0.131 e. The van der Waals surface area contributed by atoms with Crippen LogP contribution >= 0.6 is 23.2 Å². The van der Waals surface area contributed by atoms with E-state index >= 15 is 0 Å². The normalized spacial score (nSPS) is 16.4. The van der Waals surface area contributed by atoms with Crippen molar-refractivity contribution in [2.75, 3.05) is 13.2 Å². The van der Waals surface area contributed by atoms with E-state index in [1.165, 1.54) is 5.69 Å². The van der Waals surface area contributed by atoms with Crippen LogP contribution in [0, 0.1) is 0 Å². The number of halogens is 2. The van der Waals surface area contributed by atoms with Crippen LogP contribution in [0.15, 0.2) is 18.5 Å². The molecule has 0 amide bonds. The molecule has 3 heterocycles. The summed E-state index contributed by atoms with van der Waals surface area (Å²) in [5.74, 6) is 0. The molecule has 1 aromatic carbocycles. The molecule has 3 aromatic rings. The molecule has 25 heavy (non-hydrogen) atoms. The molecule has 2 aromatic heterocycles. The molecule has 6 nitrogen and oxygen atoms in total. The van der Waals surface area contributed by atoms with Gasteiger partial charge in [0.1, 0.15) is 6.23 Å². The summed E-state index contributed by atoms with van der Waals surface area (Å²) < 4.78 is 2.09. The first-order valence-electron chi connectivity index (χ1n) is 8.03. The number of H-pyrrole nitrogens is 1. The Morgan fingerprint density at radius 1 is 1.40 bits per heavy atom. The molecule has 0 aliphatic carbocycles. The number of nitrogens with one attached hydrogen (secondary N) is 1. The molecule has 1 aliphatic rings. The van der Waals surface area contributed by atoms with Crippen molar-refractivity contribution < 1.29 is 10.2 Å². The van der Waals surface area contributed by atoms with Crippen molar-refractivity contribution in [1.82, 2.24) is 19.7 Å². The summed E-state index contributed by atoms with van der Waals surface area (Å²) in [6.07, 6.45) is 3.46. The van der Waals surface area contributed by atoms with E-state index in [4.69, 9.17) is 23.2 Å². The van der Waals surface area contributed by atoms with Gasteiger partial charge in [0.2, 0.25) is 0 Å². The van der Waals surface area contributed by atoms with E-state index in [0.717, 1.165) is 34.0 Å². The van der Waals surface area contributed by atoms with Crippen LogP contribution in [-0.2, 0) is 20.0 Å². The van der Waals surface area contributed by atoms with Gasteiger partial charge in [0.25, 0.3) is 0 Å². The summed E-state index contributed by atoms with van der Waals surface area (Å²) in [5, 5.41) is 28.2. The molecule has 1 unspecified atom stereocenters. The Kier molecular flexibility index (Phi) is 4.25. The maximum absolute atomic E-state index is 10.0. The van der Waals surface area contributed by atoms with Crippen molar-refractivity contribution in [3.8, 4) is 11.1 Å². The Balaban J connectivity index is 2.00. The van der Waals surface area contributed by atoms with Gasteiger partial charge in [-0.2, -0.15) is 5.10 Å². The van der Waals surface area contributed by atoms with Crippen molar-refractivity contribution in [1.29, 1.82) is 0 Å². The van der Waals surface area contributed by atoms with Crippen LogP contribution in [0.3, 0.4) is 0 Å². The SMILES string of the molecule is Cn1c2c(c3c(-c4cn[nH]c4)cc(Cl)c(Cl)c31)CN(C(O)CO)CC2. The molecule has 8 heteroatoms. The maximum atomic E-state index is 10.0. The minimum atomic E-state index is -0.872. The van der Waals surface area contributed by atoms with E-state index in [1.54, 1.807) is 6.20 Å². The molecular weight excluding hydrogens is 363 g/mol. The number of hydrogen-bond donors (Lipinski definition) is 3. The first-order valence-corrected chi connectivity index (χ1v) is 8.78. The predicted molar refractivity (Wildman–Crippen MR) is 97.7 cm³/mol. The number of aromatic nitrogens is 3. The predicted octanol–water partition coefficient (Wildman–Crippen LogP) is 2.54. The summed E-state index contributed by atoms with van der Waals surface area (Å²) in [6.45, 7) is 0.920. The highest BCUT2D eigenvalue weighted by atomic mass is 35.5. The zero-order valence-corrected chi connectivity index (χ0v) is 15.1. The first-order chi connectivity index (χ1) is 12.0. The Hall–Kier alpha value is -1.57. The lowest BCUT2D eigenvalue weighted by Crippen LogP contribution is -2.41. The zero-order valence-electron chi connectivity index (χ0n) is 13.6. The molecule has 0 radical (unpaired) electrons. The minimum Gasteiger partial charge on any atom is -0.392 e. The Morgan fingerprint density at radius 2 is 2.20 bits per heavy atom. The van der Waals surface area contributed by atoms with Gasteiger partial charge >= 0.3 is 0 Å². The average Bonchev–Trinajstić information content (AvgIpc) is 3.24. The largest absolute Gasteiger partial charge is 0.392 e. The van der Waals surface area contributed by atoms with Gasteiger partial charge in [-0.1, -0.05) is 23.2 Å². The molecular formula is C17H18Cl2N4O2. The number of benzene rings is 1. The van der Waals surface area contributed by atoms with Crippen LogP contribution in [0.4, 0.5) is 0 Å². The fraction of sp³-hybridized carbons (Fsp3) is 0.353. The summed E-state index contributed by atoms with van der Waals surface area (Å²) in [4.78, 5) is 1.86. The van der Waals surface area contributed by atoms with Gasteiger partial charge < -0.3 is 14.8 Å². The quantitative estimate of drug-likeness (QED) is 0.652. The van der Waals surface area contributed by atoms with Crippen LogP contribution in [0.25, 0.3) is 22.0 Å². The summed E-state index contributed by atoms with van der Waals surface area (Å²) in [6, 6.07) is 1.86. The van der Waals surface area contributed by atoms with Crippen molar-refractivity contribution in [2.24, 2.45) is 7.05 Å². The molecule has 132 valence electrons. The third-order valence-electron chi connectivity index (χ3n) is 4.98. The second-order valence-corrected chi connectivity index (χ2v) is 7.08. The zero-order chi connectivity index (χ0) is 17.7. The number of hydrogen-bond acceptors (Lipinski definition) is 4.